The number of nitrogens with zero attached hydrogens (tertiary/aromatic N) is 1. The van der Waals surface area contributed by atoms with Crippen LogP contribution in [0.4, 0.5) is 0 Å². The highest BCUT2D eigenvalue weighted by molar-refractivity contribution is 4.87. The van der Waals surface area contributed by atoms with Gasteiger partial charge in [-0.25, -0.2) is 0 Å². The van der Waals surface area contributed by atoms with E-state index in [-0.39, 0.29) is 0 Å². The fourth-order valence-corrected chi connectivity index (χ4v) is 3.79. The molecule has 3 heteroatoms. The first-order chi connectivity index (χ1) is 8.44. The third-order valence-corrected chi connectivity index (χ3v) is 4.36. The first kappa shape index (κ1) is 14.3. The molecule has 1 aliphatic heterocycles. The molecule has 0 aromatic heterocycles. The highest BCUT2D eigenvalue weighted by atomic mass is 16.5. The molecule has 3 atom stereocenters. The second-order valence-corrected chi connectivity index (χ2v) is 7.27. The van der Waals surface area contributed by atoms with Crippen molar-refractivity contribution in [3.8, 4) is 0 Å². The molecule has 0 aromatic carbocycles. The maximum Gasteiger partial charge on any atom is 0.0826 e. The number of rotatable bonds is 3. The summed E-state index contributed by atoms with van der Waals surface area (Å²) in [5.41, 5.74) is 0.500. The lowest BCUT2D eigenvalue weighted by atomic mass is 9.70. The van der Waals surface area contributed by atoms with Crippen molar-refractivity contribution < 1.29 is 4.74 Å². The number of likely N-dealkylation sites (N-methyl/N-ethyl adjacent to an activating group) is 1. The van der Waals surface area contributed by atoms with Crippen molar-refractivity contribution in [2.75, 3.05) is 33.3 Å². The average molecular weight is 254 g/mol. The van der Waals surface area contributed by atoms with Gasteiger partial charge in [0.1, 0.15) is 0 Å². The van der Waals surface area contributed by atoms with Crippen LogP contribution in [0.3, 0.4) is 0 Å². The van der Waals surface area contributed by atoms with Gasteiger partial charge in [-0.2, -0.15) is 0 Å². The van der Waals surface area contributed by atoms with Gasteiger partial charge in [0.05, 0.1) is 12.7 Å². The molecular formula is C15H30N2O. The second-order valence-electron chi connectivity index (χ2n) is 7.27. The lowest BCUT2D eigenvalue weighted by Gasteiger charge is -2.40. The SMILES string of the molecule is CC1CC(NCC2CN(C)CCO2)CC(C)(C)C1. The quantitative estimate of drug-likeness (QED) is 0.835. The van der Waals surface area contributed by atoms with Gasteiger partial charge in [-0.15, -0.1) is 0 Å². The van der Waals surface area contributed by atoms with E-state index in [2.05, 4.69) is 38.0 Å². The van der Waals surface area contributed by atoms with Crippen LogP contribution in [0.25, 0.3) is 0 Å². The molecule has 1 saturated heterocycles. The highest BCUT2D eigenvalue weighted by Crippen LogP contribution is 2.38. The van der Waals surface area contributed by atoms with Gasteiger partial charge in [0.25, 0.3) is 0 Å². The summed E-state index contributed by atoms with van der Waals surface area (Å²) in [6, 6.07) is 0.680. The Morgan fingerprint density at radius 1 is 1.33 bits per heavy atom. The maximum absolute atomic E-state index is 5.81. The zero-order chi connectivity index (χ0) is 13.2. The van der Waals surface area contributed by atoms with Gasteiger partial charge in [-0.3, -0.25) is 0 Å². The minimum absolute atomic E-state index is 0.379. The monoisotopic (exact) mass is 254 g/mol. The van der Waals surface area contributed by atoms with Crippen LogP contribution in [0.5, 0.6) is 0 Å². The molecule has 1 N–H and O–H groups in total. The zero-order valence-corrected chi connectivity index (χ0v) is 12.5. The minimum Gasteiger partial charge on any atom is -0.374 e. The van der Waals surface area contributed by atoms with Crippen LogP contribution in [-0.4, -0.2) is 50.3 Å². The van der Waals surface area contributed by atoms with E-state index < -0.39 is 0 Å². The zero-order valence-electron chi connectivity index (χ0n) is 12.5. The van der Waals surface area contributed by atoms with E-state index in [1.165, 1.54) is 19.3 Å². The fraction of sp³-hybridized carbons (Fsp3) is 1.00. The smallest absolute Gasteiger partial charge is 0.0826 e. The summed E-state index contributed by atoms with van der Waals surface area (Å²) >= 11 is 0. The van der Waals surface area contributed by atoms with Crippen LogP contribution in [0, 0.1) is 11.3 Å². The third kappa shape index (κ3) is 4.22. The van der Waals surface area contributed by atoms with Crippen LogP contribution < -0.4 is 5.32 Å². The van der Waals surface area contributed by atoms with E-state index >= 15 is 0 Å². The Hall–Kier alpha value is -0.120. The molecule has 18 heavy (non-hydrogen) atoms. The molecule has 2 aliphatic rings. The Kier molecular flexibility index (Phi) is 4.68. The predicted octanol–water partition coefficient (Wildman–Crippen LogP) is 2.12. The third-order valence-electron chi connectivity index (χ3n) is 4.36. The summed E-state index contributed by atoms with van der Waals surface area (Å²) < 4.78 is 5.81. The summed E-state index contributed by atoms with van der Waals surface area (Å²) in [7, 11) is 2.18. The molecule has 2 fully saturated rings. The van der Waals surface area contributed by atoms with Gasteiger partial charge in [-0.05, 0) is 37.6 Å². The predicted molar refractivity (Wildman–Crippen MR) is 75.8 cm³/mol. The van der Waals surface area contributed by atoms with E-state index in [0.717, 1.165) is 32.2 Å². The van der Waals surface area contributed by atoms with Crippen molar-refractivity contribution >= 4 is 0 Å². The first-order valence-corrected chi connectivity index (χ1v) is 7.48. The highest BCUT2D eigenvalue weighted by Gasteiger charge is 2.32. The van der Waals surface area contributed by atoms with E-state index in [4.69, 9.17) is 4.74 Å². The summed E-state index contributed by atoms with van der Waals surface area (Å²) in [5, 5.41) is 3.75. The number of hydrogen-bond donors (Lipinski definition) is 1. The van der Waals surface area contributed by atoms with Gasteiger partial charge >= 0.3 is 0 Å². The summed E-state index contributed by atoms with van der Waals surface area (Å²) in [4.78, 5) is 2.36. The van der Waals surface area contributed by atoms with E-state index in [9.17, 15) is 0 Å². The number of morpholine rings is 1. The Morgan fingerprint density at radius 2 is 2.11 bits per heavy atom. The van der Waals surface area contributed by atoms with Crippen molar-refractivity contribution in [1.82, 2.24) is 10.2 Å². The van der Waals surface area contributed by atoms with Crippen molar-refractivity contribution in [1.29, 1.82) is 0 Å². The lowest BCUT2D eigenvalue weighted by molar-refractivity contribution is -0.0211. The molecule has 0 bridgehead atoms. The van der Waals surface area contributed by atoms with E-state index in [1.807, 2.05) is 0 Å². The van der Waals surface area contributed by atoms with E-state index in [1.54, 1.807) is 0 Å². The molecule has 0 spiro atoms. The Balaban J connectivity index is 1.75. The van der Waals surface area contributed by atoms with Crippen LogP contribution in [-0.2, 0) is 4.74 Å². The van der Waals surface area contributed by atoms with E-state index in [0.29, 0.717) is 17.6 Å². The number of ether oxygens (including phenoxy) is 1. The lowest BCUT2D eigenvalue weighted by Crippen LogP contribution is -2.48. The number of nitrogens with one attached hydrogen (secondary N) is 1. The molecule has 2 rings (SSSR count). The van der Waals surface area contributed by atoms with Gasteiger partial charge in [-0.1, -0.05) is 20.8 Å². The standard InChI is InChI=1S/C15H30N2O/c1-12-7-13(9-15(2,3)8-12)16-10-14-11-17(4)5-6-18-14/h12-14,16H,5-11H2,1-4H3. The van der Waals surface area contributed by atoms with Gasteiger partial charge in [0, 0.05) is 25.7 Å². The van der Waals surface area contributed by atoms with Gasteiger partial charge in [0.15, 0.2) is 0 Å². The van der Waals surface area contributed by atoms with Crippen molar-refractivity contribution in [3.63, 3.8) is 0 Å². The minimum atomic E-state index is 0.379. The van der Waals surface area contributed by atoms with Gasteiger partial charge in [0.2, 0.25) is 0 Å². The van der Waals surface area contributed by atoms with Crippen molar-refractivity contribution in [2.45, 2.75) is 52.2 Å². The second kappa shape index (κ2) is 5.89. The summed E-state index contributed by atoms with van der Waals surface area (Å²) in [6.07, 6.45) is 4.38. The van der Waals surface area contributed by atoms with Crippen LogP contribution in [0.1, 0.15) is 40.0 Å². The topological polar surface area (TPSA) is 24.5 Å². The molecule has 1 aliphatic carbocycles. The average Bonchev–Trinajstić information content (AvgIpc) is 2.24. The normalized spacial score (nSPS) is 37.7. The number of hydrogen-bond acceptors (Lipinski definition) is 3. The van der Waals surface area contributed by atoms with Crippen LogP contribution >= 0.6 is 0 Å². The van der Waals surface area contributed by atoms with Crippen molar-refractivity contribution in [3.05, 3.63) is 0 Å². The van der Waals surface area contributed by atoms with Gasteiger partial charge < -0.3 is 15.0 Å². The summed E-state index contributed by atoms with van der Waals surface area (Å²) in [6.45, 7) is 11.2. The van der Waals surface area contributed by atoms with Crippen molar-refractivity contribution in [2.24, 2.45) is 11.3 Å². The molecule has 1 heterocycles. The molecule has 3 nitrogen and oxygen atoms in total. The summed E-state index contributed by atoms with van der Waals surface area (Å²) in [5.74, 6) is 0.848. The Labute approximate surface area is 112 Å². The Bertz CT molecular complexity index is 267. The maximum atomic E-state index is 5.81. The molecule has 1 saturated carbocycles. The molecule has 0 aromatic rings. The Morgan fingerprint density at radius 3 is 2.78 bits per heavy atom. The molecule has 106 valence electrons. The fourth-order valence-electron chi connectivity index (χ4n) is 3.79. The van der Waals surface area contributed by atoms with Crippen LogP contribution in [0.15, 0.2) is 0 Å². The molecule has 3 unspecified atom stereocenters. The first-order valence-electron chi connectivity index (χ1n) is 7.48. The molecule has 0 radical (unpaired) electrons. The molecule has 0 amide bonds. The molecular weight excluding hydrogens is 224 g/mol. The largest absolute Gasteiger partial charge is 0.374 e. The van der Waals surface area contributed by atoms with Crippen LogP contribution in [0.2, 0.25) is 0 Å².